The first kappa shape index (κ1) is 13.6. The predicted octanol–water partition coefficient (Wildman–Crippen LogP) is 1.78. The molecule has 1 aromatic heterocycles. The molecule has 0 atom stereocenters. The van der Waals surface area contributed by atoms with Crippen LogP contribution in [0.5, 0.6) is 0 Å². The van der Waals surface area contributed by atoms with Crippen LogP contribution in [0.4, 0.5) is 0 Å². The Bertz CT molecular complexity index is 349. The minimum absolute atomic E-state index is 0.0572. The van der Waals surface area contributed by atoms with Crippen molar-refractivity contribution in [1.82, 2.24) is 9.88 Å². The number of aryl methyl sites for hydroxylation is 1. The van der Waals surface area contributed by atoms with Crippen molar-refractivity contribution in [3.63, 3.8) is 0 Å². The second-order valence-electron chi connectivity index (χ2n) is 3.68. The van der Waals surface area contributed by atoms with Gasteiger partial charge in [0.15, 0.2) is 0 Å². The van der Waals surface area contributed by atoms with Gasteiger partial charge in [-0.15, -0.1) is 0 Å². The van der Waals surface area contributed by atoms with Crippen molar-refractivity contribution in [1.29, 1.82) is 0 Å². The zero-order valence-electron chi connectivity index (χ0n) is 10.8. The predicted molar refractivity (Wildman–Crippen MR) is 66.6 cm³/mol. The average molecular weight is 236 g/mol. The number of pyridine rings is 1. The quantitative estimate of drug-likeness (QED) is 0.786. The van der Waals surface area contributed by atoms with Gasteiger partial charge in [0.05, 0.1) is 6.61 Å². The lowest BCUT2D eigenvalue weighted by Gasteiger charge is -2.26. The molecule has 0 bridgehead atoms. The molecule has 1 aliphatic heterocycles. The van der Waals surface area contributed by atoms with Gasteiger partial charge < -0.3 is 9.64 Å². The lowest BCUT2D eigenvalue weighted by molar-refractivity contribution is -0.143. The number of ether oxygens (including phenoxy) is 1. The van der Waals surface area contributed by atoms with Crippen LogP contribution in [0.1, 0.15) is 25.1 Å². The Morgan fingerprint density at radius 1 is 1.41 bits per heavy atom. The largest absolute Gasteiger partial charge is 0.370 e. The van der Waals surface area contributed by atoms with E-state index in [4.69, 9.17) is 4.74 Å². The molecule has 1 saturated heterocycles. The van der Waals surface area contributed by atoms with Crippen molar-refractivity contribution in [2.45, 2.75) is 27.3 Å². The molecule has 4 heteroatoms. The van der Waals surface area contributed by atoms with Gasteiger partial charge in [0.2, 0.25) is 5.91 Å². The molecular formula is C13H20N2O2. The Balaban J connectivity index is 0.000000686. The molecule has 2 heterocycles. The Morgan fingerprint density at radius 3 is 2.76 bits per heavy atom. The summed E-state index contributed by atoms with van der Waals surface area (Å²) in [6.45, 7) is 8.09. The first-order valence-corrected chi connectivity index (χ1v) is 6.03. The van der Waals surface area contributed by atoms with Crippen molar-refractivity contribution >= 4 is 5.91 Å². The topological polar surface area (TPSA) is 42.4 Å². The SMILES string of the molecule is CC.Cc1ccc(CN2CCOCC2=O)cn1. The first-order chi connectivity index (χ1) is 8.25. The molecule has 0 spiro atoms. The molecule has 0 radical (unpaired) electrons. The third-order valence-corrected chi connectivity index (χ3v) is 2.43. The van der Waals surface area contributed by atoms with E-state index >= 15 is 0 Å². The molecule has 2 rings (SSSR count). The monoisotopic (exact) mass is 236 g/mol. The van der Waals surface area contributed by atoms with E-state index in [0.717, 1.165) is 11.3 Å². The third kappa shape index (κ3) is 4.15. The maximum Gasteiger partial charge on any atom is 0.248 e. The Kier molecular flexibility index (Phi) is 5.63. The molecule has 0 aliphatic carbocycles. The molecule has 17 heavy (non-hydrogen) atoms. The third-order valence-electron chi connectivity index (χ3n) is 2.43. The zero-order chi connectivity index (χ0) is 12.7. The van der Waals surface area contributed by atoms with E-state index in [9.17, 15) is 4.79 Å². The van der Waals surface area contributed by atoms with Gasteiger partial charge in [-0.3, -0.25) is 9.78 Å². The molecular weight excluding hydrogens is 216 g/mol. The van der Waals surface area contributed by atoms with Gasteiger partial charge in [0, 0.05) is 25.0 Å². The molecule has 1 aromatic rings. The second-order valence-corrected chi connectivity index (χ2v) is 3.68. The van der Waals surface area contributed by atoms with Crippen LogP contribution in [-0.2, 0) is 16.1 Å². The fourth-order valence-electron chi connectivity index (χ4n) is 1.53. The maximum atomic E-state index is 11.4. The maximum absolute atomic E-state index is 11.4. The summed E-state index contributed by atoms with van der Waals surface area (Å²) in [6, 6.07) is 3.96. The van der Waals surface area contributed by atoms with Crippen molar-refractivity contribution in [3.05, 3.63) is 29.6 Å². The van der Waals surface area contributed by atoms with Gasteiger partial charge in [0.25, 0.3) is 0 Å². The number of amides is 1. The molecule has 1 amide bonds. The normalized spacial score (nSPS) is 15.2. The van der Waals surface area contributed by atoms with E-state index in [-0.39, 0.29) is 12.5 Å². The van der Waals surface area contributed by atoms with Crippen LogP contribution in [0.15, 0.2) is 18.3 Å². The van der Waals surface area contributed by atoms with Crippen molar-refractivity contribution in [2.24, 2.45) is 0 Å². The van der Waals surface area contributed by atoms with Crippen LogP contribution in [0, 0.1) is 6.92 Å². The first-order valence-electron chi connectivity index (χ1n) is 6.03. The summed E-state index contributed by atoms with van der Waals surface area (Å²) < 4.78 is 5.06. The molecule has 1 fully saturated rings. The fraction of sp³-hybridized carbons (Fsp3) is 0.538. The fourth-order valence-corrected chi connectivity index (χ4v) is 1.53. The summed E-state index contributed by atoms with van der Waals surface area (Å²) in [5.74, 6) is 0.0572. The number of carbonyl (C=O) groups is 1. The van der Waals surface area contributed by atoms with Gasteiger partial charge in [0.1, 0.15) is 6.61 Å². The lowest BCUT2D eigenvalue weighted by Crippen LogP contribution is -2.40. The number of carbonyl (C=O) groups excluding carboxylic acids is 1. The highest BCUT2D eigenvalue weighted by Gasteiger charge is 2.18. The summed E-state index contributed by atoms with van der Waals surface area (Å²) in [7, 11) is 0. The van der Waals surface area contributed by atoms with Crippen LogP contribution in [0.25, 0.3) is 0 Å². The van der Waals surface area contributed by atoms with Gasteiger partial charge in [-0.25, -0.2) is 0 Å². The van der Waals surface area contributed by atoms with Crippen molar-refractivity contribution < 1.29 is 9.53 Å². The smallest absolute Gasteiger partial charge is 0.248 e. The van der Waals surface area contributed by atoms with Crippen LogP contribution < -0.4 is 0 Å². The Hall–Kier alpha value is -1.42. The number of hydrogen-bond donors (Lipinski definition) is 0. The van der Waals surface area contributed by atoms with Gasteiger partial charge >= 0.3 is 0 Å². The summed E-state index contributed by atoms with van der Waals surface area (Å²) in [5, 5.41) is 0. The standard InChI is InChI=1S/C11H14N2O2.C2H6/c1-9-2-3-10(6-12-9)7-13-4-5-15-8-11(13)14;1-2/h2-3,6H,4-5,7-8H2,1H3;1-2H3. The van der Waals surface area contributed by atoms with E-state index in [1.165, 1.54) is 0 Å². The molecule has 0 unspecified atom stereocenters. The second kappa shape index (κ2) is 7.01. The van der Waals surface area contributed by atoms with Gasteiger partial charge in [-0.2, -0.15) is 0 Å². The number of rotatable bonds is 2. The van der Waals surface area contributed by atoms with Gasteiger partial charge in [-0.1, -0.05) is 19.9 Å². The molecule has 1 aliphatic rings. The highest BCUT2D eigenvalue weighted by atomic mass is 16.5. The molecule has 94 valence electrons. The number of morpholine rings is 1. The zero-order valence-corrected chi connectivity index (χ0v) is 10.8. The van der Waals surface area contributed by atoms with E-state index in [2.05, 4.69) is 4.98 Å². The summed E-state index contributed by atoms with van der Waals surface area (Å²) in [6.07, 6.45) is 1.82. The molecule has 0 saturated carbocycles. The summed E-state index contributed by atoms with van der Waals surface area (Å²) >= 11 is 0. The van der Waals surface area contributed by atoms with E-state index in [0.29, 0.717) is 19.7 Å². The van der Waals surface area contributed by atoms with Crippen molar-refractivity contribution in [2.75, 3.05) is 19.8 Å². The summed E-state index contributed by atoms with van der Waals surface area (Å²) in [5.41, 5.74) is 2.06. The van der Waals surface area contributed by atoms with Crippen LogP contribution >= 0.6 is 0 Å². The number of nitrogens with zero attached hydrogens (tertiary/aromatic N) is 2. The average Bonchev–Trinajstić information content (AvgIpc) is 2.37. The molecule has 0 N–H and O–H groups in total. The molecule has 4 nitrogen and oxygen atoms in total. The van der Waals surface area contributed by atoms with Crippen LogP contribution in [-0.4, -0.2) is 35.5 Å². The highest BCUT2D eigenvalue weighted by molar-refractivity contribution is 5.77. The van der Waals surface area contributed by atoms with Crippen LogP contribution in [0.3, 0.4) is 0 Å². The Morgan fingerprint density at radius 2 is 2.18 bits per heavy atom. The number of hydrogen-bond acceptors (Lipinski definition) is 3. The van der Waals surface area contributed by atoms with Crippen molar-refractivity contribution in [3.8, 4) is 0 Å². The van der Waals surface area contributed by atoms with Crippen LogP contribution in [0.2, 0.25) is 0 Å². The van der Waals surface area contributed by atoms with Gasteiger partial charge in [-0.05, 0) is 18.6 Å². The van der Waals surface area contributed by atoms with E-state index in [1.807, 2.05) is 39.1 Å². The minimum Gasteiger partial charge on any atom is -0.370 e. The minimum atomic E-state index is 0.0572. The molecule has 0 aromatic carbocycles. The number of aromatic nitrogens is 1. The van der Waals surface area contributed by atoms with E-state index < -0.39 is 0 Å². The lowest BCUT2D eigenvalue weighted by atomic mass is 10.2. The highest BCUT2D eigenvalue weighted by Crippen LogP contribution is 2.07. The Labute approximate surface area is 103 Å². The van der Waals surface area contributed by atoms with E-state index in [1.54, 1.807) is 4.90 Å². The summed E-state index contributed by atoms with van der Waals surface area (Å²) in [4.78, 5) is 17.4.